The van der Waals surface area contributed by atoms with E-state index in [9.17, 15) is 26.4 Å². The first-order chi connectivity index (χ1) is 11.5. The first-order valence-electron chi connectivity index (χ1n) is 7.93. The Morgan fingerprint density at radius 1 is 1.20 bits per heavy atom. The largest absolute Gasteiger partial charge is 0.393 e. The Labute approximate surface area is 145 Å². The van der Waals surface area contributed by atoms with E-state index in [1.807, 2.05) is 0 Å². The Balaban J connectivity index is 2.18. The van der Waals surface area contributed by atoms with Crippen molar-refractivity contribution >= 4 is 21.6 Å². The number of carbonyl (C=O) groups excluding carboxylic acids is 1. The van der Waals surface area contributed by atoms with E-state index in [2.05, 4.69) is 10.0 Å². The van der Waals surface area contributed by atoms with Gasteiger partial charge in [-0.1, -0.05) is 18.9 Å². The predicted molar refractivity (Wildman–Crippen MR) is 88.9 cm³/mol. The molecule has 1 saturated carbocycles. The quantitative estimate of drug-likeness (QED) is 0.845. The fourth-order valence-electron chi connectivity index (χ4n) is 3.02. The highest BCUT2D eigenvalue weighted by Gasteiger charge is 2.46. The number of sulfonamides is 1. The number of nitrogens with one attached hydrogen (secondary N) is 2. The summed E-state index contributed by atoms with van der Waals surface area (Å²) in [5, 5.41) is 2.47. The summed E-state index contributed by atoms with van der Waals surface area (Å²) in [4.78, 5) is 12.4. The first kappa shape index (κ1) is 19.6. The summed E-state index contributed by atoms with van der Waals surface area (Å²) in [6.07, 6.45) is -1.97. The maximum atomic E-state index is 13.1. The second kappa shape index (κ2) is 7.23. The van der Waals surface area contributed by atoms with E-state index in [0.717, 1.165) is 6.26 Å². The molecular formula is C16H21F3N2O3S. The van der Waals surface area contributed by atoms with Crippen molar-refractivity contribution in [3.8, 4) is 0 Å². The van der Waals surface area contributed by atoms with Crippen molar-refractivity contribution in [2.75, 3.05) is 11.0 Å². The van der Waals surface area contributed by atoms with Crippen LogP contribution in [-0.2, 0) is 10.0 Å². The van der Waals surface area contributed by atoms with Crippen LogP contribution in [0.5, 0.6) is 0 Å². The number of hydrogen-bond acceptors (Lipinski definition) is 3. The van der Waals surface area contributed by atoms with Gasteiger partial charge in [0.1, 0.15) is 0 Å². The molecule has 1 aromatic carbocycles. The molecule has 0 aliphatic heterocycles. The summed E-state index contributed by atoms with van der Waals surface area (Å²) in [7, 11) is -3.53. The van der Waals surface area contributed by atoms with Gasteiger partial charge in [0.05, 0.1) is 17.9 Å². The predicted octanol–water partition coefficient (Wildman–Crippen LogP) is 3.22. The standard InChI is InChI=1S/C16H21F3N2O3S/c1-10-7-8-11(9-14(10)21-25(2,23)24)15(22)20-13-6-4-3-5-12(13)16(17,18)19/h7-9,12-13,21H,3-6H2,1-2H3,(H,20,22). The van der Waals surface area contributed by atoms with E-state index >= 15 is 0 Å². The van der Waals surface area contributed by atoms with Crippen LogP contribution >= 0.6 is 0 Å². The highest BCUT2D eigenvalue weighted by molar-refractivity contribution is 7.92. The van der Waals surface area contributed by atoms with Crippen LogP contribution in [-0.4, -0.2) is 32.8 Å². The molecule has 1 aliphatic rings. The number of anilines is 1. The molecule has 0 spiro atoms. The average Bonchev–Trinajstić information content (AvgIpc) is 2.47. The average molecular weight is 378 g/mol. The fourth-order valence-corrected chi connectivity index (χ4v) is 3.64. The molecule has 1 fully saturated rings. The Hall–Kier alpha value is -1.77. The summed E-state index contributed by atoms with van der Waals surface area (Å²) in [5.74, 6) is -2.19. The molecule has 25 heavy (non-hydrogen) atoms. The van der Waals surface area contributed by atoms with Crippen LogP contribution in [0.4, 0.5) is 18.9 Å². The lowest BCUT2D eigenvalue weighted by Crippen LogP contribution is -2.47. The van der Waals surface area contributed by atoms with Crippen molar-refractivity contribution in [2.45, 2.75) is 44.8 Å². The van der Waals surface area contributed by atoms with Gasteiger partial charge in [0, 0.05) is 11.6 Å². The zero-order chi connectivity index (χ0) is 18.8. The third-order valence-electron chi connectivity index (χ3n) is 4.30. The Morgan fingerprint density at radius 3 is 2.44 bits per heavy atom. The van der Waals surface area contributed by atoms with Crippen molar-refractivity contribution < 1.29 is 26.4 Å². The molecular weight excluding hydrogens is 357 g/mol. The zero-order valence-corrected chi connectivity index (χ0v) is 14.8. The SMILES string of the molecule is Cc1ccc(C(=O)NC2CCCCC2C(F)(F)F)cc1NS(C)(=O)=O. The lowest BCUT2D eigenvalue weighted by molar-refractivity contribution is -0.187. The second-order valence-corrected chi connectivity index (χ2v) is 8.16. The summed E-state index contributed by atoms with van der Waals surface area (Å²) >= 11 is 0. The van der Waals surface area contributed by atoms with Crippen LogP contribution in [0.15, 0.2) is 18.2 Å². The molecule has 2 atom stereocenters. The number of benzene rings is 1. The molecule has 2 N–H and O–H groups in total. The molecule has 0 radical (unpaired) electrons. The molecule has 1 aromatic rings. The fraction of sp³-hybridized carbons (Fsp3) is 0.562. The number of rotatable bonds is 4. The van der Waals surface area contributed by atoms with E-state index in [4.69, 9.17) is 0 Å². The van der Waals surface area contributed by atoms with Gasteiger partial charge in [0.2, 0.25) is 10.0 Å². The Morgan fingerprint density at radius 2 is 1.84 bits per heavy atom. The molecule has 1 aliphatic carbocycles. The molecule has 1 amide bonds. The van der Waals surface area contributed by atoms with Gasteiger partial charge in [0.15, 0.2) is 0 Å². The van der Waals surface area contributed by atoms with Gasteiger partial charge < -0.3 is 5.32 Å². The van der Waals surface area contributed by atoms with Gasteiger partial charge >= 0.3 is 6.18 Å². The third-order valence-corrected chi connectivity index (χ3v) is 4.89. The highest BCUT2D eigenvalue weighted by atomic mass is 32.2. The van der Waals surface area contributed by atoms with E-state index in [-0.39, 0.29) is 24.1 Å². The highest BCUT2D eigenvalue weighted by Crippen LogP contribution is 2.37. The van der Waals surface area contributed by atoms with Crippen molar-refractivity contribution in [3.05, 3.63) is 29.3 Å². The minimum absolute atomic E-state index is 0.00320. The van der Waals surface area contributed by atoms with Crippen LogP contribution in [0.1, 0.15) is 41.6 Å². The zero-order valence-electron chi connectivity index (χ0n) is 14.0. The Bertz CT molecular complexity index is 747. The minimum atomic E-state index is -4.35. The van der Waals surface area contributed by atoms with Crippen molar-refractivity contribution in [2.24, 2.45) is 5.92 Å². The molecule has 0 bridgehead atoms. The monoisotopic (exact) mass is 378 g/mol. The van der Waals surface area contributed by atoms with Crippen LogP contribution in [0.2, 0.25) is 0 Å². The van der Waals surface area contributed by atoms with Crippen LogP contribution in [0.25, 0.3) is 0 Å². The Kier molecular flexibility index (Phi) is 5.65. The summed E-state index contributed by atoms with van der Waals surface area (Å²) in [5.41, 5.74) is 0.947. The van der Waals surface area contributed by atoms with Crippen molar-refractivity contribution in [1.82, 2.24) is 5.32 Å². The van der Waals surface area contributed by atoms with Crippen LogP contribution in [0.3, 0.4) is 0 Å². The minimum Gasteiger partial charge on any atom is -0.349 e. The summed E-state index contributed by atoms with van der Waals surface area (Å²) < 4.78 is 64.4. The van der Waals surface area contributed by atoms with E-state index in [1.54, 1.807) is 13.0 Å². The number of halogens is 3. The van der Waals surface area contributed by atoms with Crippen LogP contribution in [0, 0.1) is 12.8 Å². The maximum Gasteiger partial charge on any atom is 0.393 e. The molecule has 2 unspecified atom stereocenters. The van der Waals surface area contributed by atoms with E-state index in [1.165, 1.54) is 12.1 Å². The number of carbonyl (C=O) groups is 1. The molecule has 0 aromatic heterocycles. The number of hydrogen-bond donors (Lipinski definition) is 2. The van der Waals surface area contributed by atoms with E-state index in [0.29, 0.717) is 18.4 Å². The van der Waals surface area contributed by atoms with E-state index < -0.39 is 34.1 Å². The second-order valence-electron chi connectivity index (χ2n) is 6.42. The summed E-state index contributed by atoms with van der Waals surface area (Å²) in [6, 6.07) is 3.37. The molecule has 140 valence electrons. The van der Waals surface area contributed by atoms with Gasteiger partial charge in [-0.25, -0.2) is 8.42 Å². The van der Waals surface area contributed by atoms with Gasteiger partial charge in [-0.3, -0.25) is 9.52 Å². The molecule has 5 nitrogen and oxygen atoms in total. The van der Waals surface area contributed by atoms with Crippen LogP contribution < -0.4 is 10.0 Å². The normalized spacial score (nSPS) is 21.6. The van der Waals surface area contributed by atoms with Crippen molar-refractivity contribution in [3.63, 3.8) is 0 Å². The smallest absolute Gasteiger partial charge is 0.349 e. The number of amides is 1. The number of alkyl halides is 3. The van der Waals surface area contributed by atoms with Gasteiger partial charge in [-0.05, 0) is 37.5 Å². The molecule has 2 rings (SSSR count). The van der Waals surface area contributed by atoms with Gasteiger partial charge in [0.25, 0.3) is 5.91 Å². The molecule has 0 heterocycles. The lowest BCUT2D eigenvalue weighted by atomic mass is 9.84. The lowest BCUT2D eigenvalue weighted by Gasteiger charge is -2.33. The van der Waals surface area contributed by atoms with Gasteiger partial charge in [-0.2, -0.15) is 13.2 Å². The topological polar surface area (TPSA) is 75.3 Å². The molecule has 0 saturated heterocycles. The third kappa shape index (κ3) is 5.35. The summed E-state index contributed by atoms with van der Waals surface area (Å²) in [6.45, 7) is 1.66. The van der Waals surface area contributed by atoms with Crippen molar-refractivity contribution in [1.29, 1.82) is 0 Å². The first-order valence-corrected chi connectivity index (χ1v) is 9.82. The molecule has 9 heteroatoms. The van der Waals surface area contributed by atoms with Gasteiger partial charge in [-0.15, -0.1) is 0 Å². The maximum absolute atomic E-state index is 13.1. The number of aryl methyl sites for hydroxylation is 1.